The molecule has 0 atom stereocenters. The largest absolute Gasteiger partial charge is 0.439 e. The van der Waals surface area contributed by atoms with Crippen LogP contribution in [0.1, 0.15) is 25.2 Å². The Bertz CT molecular complexity index is 513. The maximum absolute atomic E-state index is 9.17. The van der Waals surface area contributed by atoms with Gasteiger partial charge in [-0.1, -0.05) is 12.1 Å². The van der Waals surface area contributed by atoms with E-state index in [4.69, 9.17) is 9.68 Å². The van der Waals surface area contributed by atoms with E-state index in [0.717, 1.165) is 30.4 Å². The molecule has 1 aromatic heterocycles. The molecule has 1 fully saturated rings. The van der Waals surface area contributed by atoms with Crippen molar-refractivity contribution in [2.45, 2.75) is 24.7 Å². The Hall–Kier alpha value is -1.82. The minimum absolute atomic E-state index is 0.445. The highest BCUT2D eigenvalue weighted by Crippen LogP contribution is 2.43. The highest BCUT2D eigenvalue weighted by molar-refractivity contribution is 5.72. The Labute approximate surface area is 87.3 Å². The van der Waals surface area contributed by atoms with Gasteiger partial charge in [-0.15, -0.1) is 0 Å². The molecule has 1 aromatic carbocycles. The summed E-state index contributed by atoms with van der Waals surface area (Å²) in [6.45, 7) is 0. The van der Waals surface area contributed by atoms with Crippen molar-refractivity contribution >= 4 is 11.1 Å². The average molecular weight is 198 g/mol. The summed E-state index contributed by atoms with van der Waals surface area (Å²) in [6.07, 6.45) is 2.83. The van der Waals surface area contributed by atoms with Gasteiger partial charge in [0.1, 0.15) is 10.9 Å². The number of fused-ring (bicyclic) bond motifs is 1. The molecule has 15 heavy (non-hydrogen) atoms. The van der Waals surface area contributed by atoms with Crippen molar-refractivity contribution in [1.29, 1.82) is 5.26 Å². The van der Waals surface area contributed by atoms with Gasteiger partial charge >= 0.3 is 0 Å². The van der Waals surface area contributed by atoms with E-state index < -0.39 is 5.41 Å². The van der Waals surface area contributed by atoms with Gasteiger partial charge in [0.05, 0.1) is 6.07 Å². The van der Waals surface area contributed by atoms with Crippen molar-refractivity contribution in [3.63, 3.8) is 0 Å². The lowest BCUT2D eigenvalue weighted by Gasteiger charge is -2.31. The molecule has 0 unspecified atom stereocenters. The lowest BCUT2D eigenvalue weighted by Crippen LogP contribution is -2.32. The topological polar surface area (TPSA) is 49.8 Å². The van der Waals surface area contributed by atoms with Crippen LogP contribution in [0.5, 0.6) is 0 Å². The number of hydrogen-bond acceptors (Lipinski definition) is 3. The zero-order valence-corrected chi connectivity index (χ0v) is 8.23. The molecular formula is C12H10N2O. The van der Waals surface area contributed by atoms with Gasteiger partial charge in [-0.05, 0) is 31.4 Å². The molecule has 2 aromatic rings. The van der Waals surface area contributed by atoms with Gasteiger partial charge in [0.15, 0.2) is 5.58 Å². The van der Waals surface area contributed by atoms with Crippen LogP contribution in [-0.2, 0) is 5.41 Å². The molecule has 0 saturated heterocycles. The Morgan fingerprint density at radius 2 is 2.13 bits per heavy atom. The molecule has 0 spiro atoms. The second kappa shape index (κ2) is 2.83. The highest BCUT2D eigenvalue weighted by atomic mass is 16.3. The lowest BCUT2D eigenvalue weighted by atomic mass is 9.70. The normalized spacial score (nSPS) is 18.3. The van der Waals surface area contributed by atoms with Crippen molar-refractivity contribution < 1.29 is 4.42 Å². The summed E-state index contributed by atoms with van der Waals surface area (Å²) >= 11 is 0. The first-order valence-electron chi connectivity index (χ1n) is 5.11. The van der Waals surface area contributed by atoms with Crippen LogP contribution in [0.25, 0.3) is 11.1 Å². The van der Waals surface area contributed by atoms with Crippen LogP contribution < -0.4 is 0 Å². The zero-order chi connectivity index (χ0) is 10.3. The van der Waals surface area contributed by atoms with Crippen LogP contribution in [0.2, 0.25) is 0 Å². The number of hydrogen-bond donors (Lipinski definition) is 0. The first kappa shape index (κ1) is 8.49. The number of aromatic nitrogens is 1. The van der Waals surface area contributed by atoms with Gasteiger partial charge in [-0.25, -0.2) is 4.98 Å². The maximum Gasteiger partial charge on any atom is 0.215 e. The first-order valence-corrected chi connectivity index (χ1v) is 5.11. The first-order chi connectivity index (χ1) is 7.34. The standard InChI is InChI=1S/C12H10N2O/c13-8-12(6-3-7-12)11-14-9-4-1-2-5-10(9)15-11/h1-2,4-5H,3,6-7H2. The summed E-state index contributed by atoms with van der Waals surface area (Å²) in [5, 5.41) is 9.17. The van der Waals surface area contributed by atoms with Gasteiger partial charge in [-0.2, -0.15) is 5.26 Å². The van der Waals surface area contributed by atoms with Crippen LogP contribution in [0, 0.1) is 11.3 Å². The monoisotopic (exact) mass is 198 g/mol. The summed E-state index contributed by atoms with van der Waals surface area (Å²) < 4.78 is 5.63. The minimum Gasteiger partial charge on any atom is -0.439 e. The molecule has 0 radical (unpaired) electrons. The van der Waals surface area contributed by atoms with Crippen molar-refractivity contribution in [2.24, 2.45) is 0 Å². The summed E-state index contributed by atoms with van der Waals surface area (Å²) in [4.78, 5) is 4.39. The van der Waals surface area contributed by atoms with E-state index in [-0.39, 0.29) is 0 Å². The van der Waals surface area contributed by atoms with Crippen LogP contribution in [0.4, 0.5) is 0 Å². The smallest absolute Gasteiger partial charge is 0.215 e. The molecule has 0 bridgehead atoms. The van der Waals surface area contributed by atoms with Crippen molar-refractivity contribution in [3.05, 3.63) is 30.2 Å². The molecule has 74 valence electrons. The van der Waals surface area contributed by atoms with Crippen LogP contribution in [0.3, 0.4) is 0 Å². The lowest BCUT2D eigenvalue weighted by molar-refractivity contribution is 0.263. The Morgan fingerprint density at radius 3 is 2.73 bits per heavy atom. The van der Waals surface area contributed by atoms with Gasteiger partial charge in [-0.3, -0.25) is 0 Å². The third kappa shape index (κ3) is 1.08. The van der Waals surface area contributed by atoms with Gasteiger partial charge in [0.25, 0.3) is 0 Å². The maximum atomic E-state index is 9.17. The molecule has 3 rings (SSSR count). The second-order valence-corrected chi connectivity index (χ2v) is 4.03. The quantitative estimate of drug-likeness (QED) is 0.707. The fraction of sp³-hybridized carbons (Fsp3) is 0.333. The summed E-state index contributed by atoms with van der Waals surface area (Å²) in [5.41, 5.74) is 1.17. The van der Waals surface area contributed by atoms with Crippen molar-refractivity contribution in [1.82, 2.24) is 4.98 Å². The number of rotatable bonds is 1. The zero-order valence-electron chi connectivity index (χ0n) is 8.23. The predicted molar refractivity (Wildman–Crippen MR) is 55.2 cm³/mol. The van der Waals surface area contributed by atoms with Crippen LogP contribution >= 0.6 is 0 Å². The fourth-order valence-electron chi connectivity index (χ4n) is 1.98. The summed E-state index contributed by atoms with van der Waals surface area (Å²) in [5.74, 6) is 0.595. The minimum atomic E-state index is -0.445. The van der Waals surface area contributed by atoms with Crippen molar-refractivity contribution in [2.75, 3.05) is 0 Å². The number of nitrogens with zero attached hydrogens (tertiary/aromatic N) is 2. The molecule has 0 N–H and O–H groups in total. The van der Waals surface area contributed by atoms with E-state index >= 15 is 0 Å². The molecule has 1 heterocycles. The Balaban J connectivity index is 2.16. The van der Waals surface area contributed by atoms with E-state index in [1.165, 1.54) is 0 Å². The summed E-state index contributed by atoms with van der Waals surface area (Å²) in [6, 6.07) is 9.97. The van der Waals surface area contributed by atoms with Gasteiger partial charge < -0.3 is 4.42 Å². The van der Waals surface area contributed by atoms with Crippen LogP contribution in [-0.4, -0.2) is 4.98 Å². The van der Waals surface area contributed by atoms with Crippen molar-refractivity contribution in [3.8, 4) is 6.07 Å². The molecular weight excluding hydrogens is 188 g/mol. The van der Waals surface area contributed by atoms with E-state index in [0.29, 0.717) is 5.89 Å². The number of para-hydroxylation sites is 2. The molecule has 0 amide bonds. The van der Waals surface area contributed by atoms with E-state index in [1.807, 2.05) is 24.3 Å². The number of oxazole rings is 1. The van der Waals surface area contributed by atoms with Gasteiger partial charge in [0.2, 0.25) is 5.89 Å². The van der Waals surface area contributed by atoms with E-state index in [2.05, 4.69) is 11.1 Å². The van der Waals surface area contributed by atoms with E-state index in [1.54, 1.807) is 0 Å². The molecule has 1 aliphatic rings. The second-order valence-electron chi connectivity index (χ2n) is 4.03. The Kier molecular flexibility index (Phi) is 1.60. The molecule has 1 aliphatic carbocycles. The summed E-state index contributed by atoms with van der Waals surface area (Å²) in [7, 11) is 0. The Morgan fingerprint density at radius 1 is 1.33 bits per heavy atom. The SMILES string of the molecule is N#CC1(c2nc3ccccc3o2)CCC1. The number of nitriles is 1. The molecule has 3 nitrogen and oxygen atoms in total. The van der Waals surface area contributed by atoms with E-state index in [9.17, 15) is 0 Å². The molecule has 1 saturated carbocycles. The molecule has 3 heteroatoms. The van der Waals surface area contributed by atoms with Crippen LogP contribution in [0.15, 0.2) is 28.7 Å². The predicted octanol–water partition coefficient (Wildman–Crippen LogP) is 2.77. The molecule has 0 aliphatic heterocycles. The average Bonchev–Trinajstić information content (AvgIpc) is 2.60. The third-order valence-electron chi connectivity index (χ3n) is 3.12. The highest BCUT2D eigenvalue weighted by Gasteiger charge is 2.43. The fourth-order valence-corrected chi connectivity index (χ4v) is 1.98. The number of benzene rings is 1. The van der Waals surface area contributed by atoms with Gasteiger partial charge in [0, 0.05) is 0 Å². The third-order valence-corrected chi connectivity index (χ3v) is 3.12.